The Morgan fingerprint density at radius 1 is 1.23 bits per heavy atom. The Bertz CT molecular complexity index is 678. The van der Waals surface area contributed by atoms with Gasteiger partial charge in [0.1, 0.15) is 0 Å². The molecule has 7 heteroatoms. The summed E-state index contributed by atoms with van der Waals surface area (Å²) in [7, 11) is 0. The van der Waals surface area contributed by atoms with Crippen LogP contribution in [0.1, 0.15) is 35.3 Å². The summed E-state index contributed by atoms with van der Waals surface area (Å²) in [5.74, 6) is 0.151. The highest BCUT2D eigenvalue weighted by molar-refractivity contribution is 6.31. The summed E-state index contributed by atoms with van der Waals surface area (Å²) in [5, 5.41) is 8.61. The maximum Gasteiger partial charge on any atom is 0.278 e. The van der Waals surface area contributed by atoms with Gasteiger partial charge in [0.05, 0.1) is 6.54 Å². The van der Waals surface area contributed by atoms with Crippen LogP contribution in [-0.4, -0.2) is 38.9 Å². The van der Waals surface area contributed by atoms with E-state index in [9.17, 15) is 4.79 Å². The number of carbonyl (C=O) groups is 1. The topological polar surface area (TPSA) is 77.0 Å². The number of piperidine rings is 1. The number of carbonyl (C=O) groups excluding carboxylic acids is 1. The lowest BCUT2D eigenvalue weighted by Crippen LogP contribution is -2.36. The zero-order valence-corrected chi connectivity index (χ0v) is 13.0. The number of nitrogens with zero attached hydrogens (tertiary/aromatic N) is 4. The molecule has 1 aromatic heterocycles. The van der Waals surface area contributed by atoms with Gasteiger partial charge < -0.3 is 10.6 Å². The Kier molecular flexibility index (Phi) is 4.29. The van der Waals surface area contributed by atoms with Crippen molar-refractivity contribution in [2.45, 2.75) is 25.8 Å². The Morgan fingerprint density at radius 2 is 1.95 bits per heavy atom. The molecule has 0 bridgehead atoms. The Balaban J connectivity index is 1.80. The van der Waals surface area contributed by atoms with Crippen LogP contribution in [-0.2, 0) is 6.54 Å². The van der Waals surface area contributed by atoms with Crippen molar-refractivity contribution in [1.82, 2.24) is 19.9 Å². The van der Waals surface area contributed by atoms with E-state index >= 15 is 0 Å². The monoisotopic (exact) mass is 319 g/mol. The number of rotatable bonds is 3. The molecule has 6 nitrogen and oxygen atoms in total. The van der Waals surface area contributed by atoms with Gasteiger partial charge in [0.25, 0.3) is 5.91 Å². The summed E-state index contributed by atoms with van der Waals surface area (Å²) in [5.41, 5.74) is 7.17. The molecule has 1 aromatic carbocycles. The van der Waals surface area contributed by atoms with Gasteiger partial charge in [-0.05, 0) is 30.9 Å². The van der Waals surface area contributed by atoms with Crippen LogP contribution in [0.4, 0.5) is 5.82 Å². The lowest BCUT2D eigenvalue weighted by Gasteiger charge is -2.25. The largest absolute Gasteiger partial charge is 0.382 e. The number of anilines is 1. The number of amides is 1. The first-order valence-electron chi connectivity index (χ1n) is 7.38. The molecule has 2 aromatic rings. The number of likely N-dealkylation sites (tertiary alicyclic amines) is 1. The van der Waals surface area contributed by atoms with Gasteiger partial charge in [-0.1, -0.05) is 35.0 Å². The summed E-state index contributed by atoms with van der Waals surface area (Å²) >= 11 is 6.14. The van der Waals surface area contributed by atoms with Gasteiger partial charge in [-0.2, -0.15) is 0 Å². The molecule has 1 aliphatic heterocycles. The quantitative estimate of drug-likeness (QED) is 0.940. The van der Waals surface area contributed by atoms with Crippen LogP contribution in [0.25, 0.3) is 0 Å². The lowest BCUT2D eigenvalue weighted by molar-refractivity contribution is 0.0719. The molecular formula is C15H18ClN5O. The van der Waals surface area contributed by atoms with E-state index in [0.29, 0.717) is 11.6 Å². The highest BCUT2D eigenvalue weighted by atomic mass is 35.5. The molecule has 1 fully saturated rings. The van der Waals surface area contributed by atoms with Crippen LogP contribution in [0.2, 0.25) is 5.02 Å². The Morgan fingerprint density at radius 3 is 2.68 bits per heavy atom. The zero-order valence-electron chi connectivity index (χ0n) is 12.2. The van der Waals surface area contributed by atoms with Crippen LogP contribution in [0.15, 0.2) is 24.3 Å². The molecule has 1 saturated heterocycles. The number of halogens is 1. The predicted molar refractivity (Wildman–Crippen MR) is 84.7 cm³/mol. The van der Waals surface area contributed by atoms with Gasteiger partial charge in [-0.15, -0.1) is 5.10 Å². The van der Waals surface area contributed by atoms with Gasteiger partial charge in [-0.3, -0.25) is 4.79 Å². The summed E-state index contributed by atoms with van der Waals surface area (Å²) in [4.78, 5) is 14.3. The number of hydrogen-bond donors (Lipinski definition) is 1. The van der Waals surface area contributed by atoms with Crippen molar-refractivity contribution in [1.29, 1.82) is 0 Å². The van der Waals surface area contributed by atoms with E-state index in [1.54, 1.807) is 4.90 Å². The van der Waals surface area contributed by atoms with Gasteiger partial charge in [-0.25, -0.2) is 4.68 Å². The highest BCUT2D eigenvalue weighted by Crippen LogP contribution is 2.19. The average Bonchev–Trinajstić information content (AvgIpc) is 2.91. The average molecular weight is 320 g/mol. The van der Waals surface area contributed by atoms with Crippen LogP contribution < -0.4 is 5.73 Å². The third kappa shape index (κ3) is 2.92. The first-order chi connectivity index (χ1) is 10.7. The highest BCUT2D eigenvalue weighted by Gasteiger charge is 2.24. The van der Waals surface area contributed by atoms with Gasteiger partial charge in [0.15, 0.2) is 11.5 Å². The van der Waals surface area contributed by atoms with Crippen molar-refractivity contribution in [2.75, 3.05) is 18.8 Å². The van der Waals surface area contributed by atoms with Crippen molar-refractivity contribution in [3.05, 3.63) is 40.5 Å². The number of hydrogen-bond acceptors (Lipinski definition) is 4. The summed E-state index contributed by atoms with van der Waals surface area (Å²) in [6, 6.07) is 7.47. The van der Waals surface area contributed by atoms with Crippen LogP contribution >= 0.6 is 11.6 Å². The van der Waals surface area contributed by atoms with Crippen LogP contribution in [0.5, 0.6) is 0 Å². The maximum atomic E-state index is 12.5. The summed E-state index contributed by atoms with van der Waals surface area (Å²) < 4.78 is 1.51. The van der Waals surface area contributed by atoms with Crippen molar-refractivity contribution in [3.8, 4) is 0 Å². The second-order valence-electron chi connectivity index (χ2n) is 5.43. The fraction of sp³-hybridized carbons (Fsp3) is 0.400. The lowest BCUT2D eigenvalue weighted by atomic mass is 10.1. The molecule has 0 saturated carbocycles. The first kappa shape index (κ1) is 14.8. The number of aromatic nitrogens is 3. The zero-order chi connectivity index (χ0) is 15.5. The molecule has 2 N–H and O–H groups in total. The van der Waals surface area contributed by atoms with E-state index in [1.165, 1.54) is 11.1 Å². The molecule has 22 heavy (non-hydrogen) atoms. The molecule has 1 aliphatic rings. The fourth-order valence-electron chi connectivity index (χ4n) is 2.62. The molecule has 0 spiro atoms. The van der Waals surface area contributed by atoms with E-state index in [1.807, 2.05) is 24.3 Å². The number of nitrogens with two attached hydrogens (primary N) is 1. The minimum atomic E-state index is -0.136. The molecule has 0 aliphatic carbocycles. The smallest absolute Gasteiger partial charge is 0.278 e. The van der Waals surface area contributed by atoms with E-state index < -0.39 is 0 Å². The summed E-state index contributed by atoms with van der Waals surface area (Å²) in [6.45, 7) is 1.91. The third-order valence-electron chi connectivity index (χ3n) is 3.90. The minimum absolute atomic E-state index is 0.136. The molecule has 1 amide bonds. The molecule has 0 unspecified atom stereocenters. The molecular weight excluding hydrogens is 302 g/mol. The van der Waals surface area contributed by atoms with Crippen molar-refractivity contribution < 1.29 is 4.79 Å². The Hall–Kier alpha value is -2.08. The second-order valence-corrected chi connectivity index (χ2v) is 5.83. The molecule has 0 radical (unpaired) electrons. The third-order valence-corrected chi connectivity index (χ3v) is 4.27. The maximum absolute atomic E-state index is 12.5. The van der Waals surface area contributed by atoms with Crippen LogP contribution in [0, 0.1) is 0 Å². The fourth-order valence-corrected chi connectivity index (χ4v) is 2.82. The standard InChI is InChI=1S/C15H18ClN5O/c16-12-7-3-2-6-11(12)10-21-14(17)13(18-19-21)15(22)20-8-4-1-5-9-20/h2-3,6-7H,1,4-5,8-10,17H2. The minimum Gasteiger partial charge on any atom is -0.382 e. The van der Waals surface area contributed by atoms with E-state index in [2.05, 4.69) is 10.3 Å². The normalized spacial score (nSPS) is 15.0. The molecule has 2 heterocycles. The molecule has 116 valence electrons. The van der Waals surface area contributed by atoms with E-state index in [0.717, 1.165) is 31.5 Å². The van der Waals surface area contributed by atoms with Gasteiger partial charge >= 0.3 is 0 Å². The van der Waals surface area contributed by atoms with Crippen molar-refractivity contribution in [2.24, 2.45) is 0 Å². The van der Waals surface area contributed by atoms with Crippen LogP contribution in [0.3, 0.4) is 0 Å². The summed E-state index contributed by atoms with van der Waals surface area (Å²) in [6.07, 6.45) is 3.22. The van der Waals surface area contributed by atoms with Gasteiger partial charge in [0.2, 0.25) is 0 Å². The van der Waals surface area contributed by atoms with Crippen molar-refractivity contribution in [3.63, 3.8) is 0 Å². The van der Waals surface area contributed by atoms with Crippen molar-refractivity contribution >= 4 is 23.3 Å². The van der Waals surface area contributed by atoms with E-state index in [4.69, 9.17) is 17.3 Å². The molecule has 3 rings (SSSR count). The first-order valence-corrected chi connectivity index (χ1v) is 7.76. The number of nitrogen functional groups attached to an aromatic ring is 1. The second kappa shape index (κ2) is 6.36. The SMILES string of the molecule is Nc1c(C(=O)N2CCCCC2)nnn1Cc1ccccc1Cl. The Labute approximate surface area is 133 Å². The van der Waals surface area contributed by atoms with Gasteiger partial charge in [0, 0.05) is 18.1 Å². The number of benzene rings is 1. The van der Waals surface area contributed by atoms with E-state index in [-0.39, 0.29) is 17.4 Å². The molecule has 0 atom stereocenters. The predicted octanol–water partition coefficient (Wildman–Crippen LogP) is 2.19.